The van der Waals surface area contributed by atoms with Gasteiger partial charge in [0.05, 0.1) is 13.2 Å². The number of halogens is 2. The smallest absolute Gasteiger partial charge is 0.255 e. The topological polar surface area (TPSA) is 49.5 Å². The lowest BCUT2D eigenvalue weighted by atomic mass is 10.1. The molecule has 1 aromatic rings. The summed E-state index contributed by atoms with van der Waals surface area (Å²) in [5.74, 6) is 0. The van der Waals surface area contributed by atoms with Crippen LogP contribution in [0.15, 0.2) is 18.2 Å². The zero-order valence-corrected chi connectivity index (χ0v) is 9.16. The van der Waals surface area contributed by atoms with Crippen LogP contribution in [0.1, 0.15) is 5.56 Å². The average molecular weight is 230 g/mol. The lowest BCUT2D eigenvalue weighted by Crippen LogP contribution is -2.32. The van der Waals surface area contributed by atoms with Gasteiger partial charge in [-0.1, -0.05) is 6.07 Å². The van der Waals surface area contributed by atoms with Crippen LogP contribution in [0.25, 0.3) is 0 Å². The summed E-state index contributed by atoms with van der Waals surface area (Å²) in [5.41, 5.74) is 7.65. The van der Waals surface area contributed by atoms with Gasteiger partial charge < -0.3 is 15.7 Å². The highest BCUT2D eigenvalue weighted by Crippen LogP contribution is 2.23. The van der Waals surface area contributed by atoms with Crippen molar-refractivity contribution in [3.63, 3.8) is 0 Å². The summed E-state index contributed by atoms with van der Waals surface area (Å²) in [4.78, 5) is 1.44. The van der Waals surface area contributed by atoms with Gasteiger partial charge in [0.15, 0.2) is 0 Å². The Bertz CT molecular complexity index is 345. The Hall–Kier alpha value is -1.36. The first-order valence-corrected chi connectivity index (χ1v) is 5.04. The minimum Gasteiger partial charge on any atom is -0.399 e. The number of benzene rings is 1. The second-order valence-electron chi connectivity index (χ2n) is 3.61. The highest BCUT2D eigenvalue weighted by Gasteiger charge is 2.14. The summed E-state index contributed by atoms with van der Waals surface area (Å²) < 4.78 is 24.7. The first kappa shape index (κ1) is 12.7. The van der Waals surface area contributed by atoms with Crippen molar-refractivity contribution in [2.24, 2.45) is 0 Å². The molecule has 0 radical (unpaired) electrons. The predicted molar refractivity (Wildman–Crippen MR) is 60.9 cm³/mol. The Morgan fingerprint density at radius 3 is 2.69 bits per heavy atom. The van der Waals surface area contributed by atoms with Crippen molar-refractivity contribution >= 4 is 11.4 Å². The molecule has 3 N–H and O–H groups in total. The molecule has 1 aromatic carbocycles. The fraction of sp³-hybridized carbons (Fsp3) is 0.455. The van der Waals surface area contributed by atoms with Crippen LogP contribution in [0.4, 0.5) is 20.2 Å². The van der Waals surface area contributed by atoms with Crippen molar-refractivity contribution in [2.75, 3.05) is 30.3 Å². The van der Waals surface area contributed by atoms with Crippen LogP contribution in [0, 0.1) is 6.92 Å². The highest BCUT2D eigenvalue weighted by atomic mass is 19.3. The molecule has 0 saturated heterocycles. The van der Waals surface area contributed by atoms with Crippen molar-refractivity contribution in [2.45, 2.75) is 13.3 Å². The van der Waals surface area contributed by atoms with Crippen molar-refractivity contribution in [1.82, 2.24) is 0 Å². The van der Waals surface area contributed by atoms with Gasteiger partial charge in [-0.15, -0.1) is 0 Å². The molecule has 5 heteroatoms. The van der Waals surface area contributed by atoms with E-state index in [4.69, 9.17) is 10.8 Å². The van der Waals surface area contributed by atoms with E-state index >= 15 is 0 Å². The van der Waals surface area contributed by atoms with E-state index in [1.807, 2.05) is 6.92 Å². The standard InChI is InChI=1S/C11H16F2N2O/c1-8-2-3-9(14)6-10(8)15(4-5-16)7-11(12)13/h2-3,6,11,16H,4-5,7,14H2,1H3. The number of anilines is 2. The molecule has 0 amide bonds. The lowest BCUT2D eigenvalue weighted by molar-refractivity contribution is 0.153. The van der Waals surface area contributed by atoms with Crippen LogP contribution < -0.4 is 10.6 Å². The van der Waals surface area contributed by atoms with Gasteiger partial charge in [0.1, 0.15) is 0 Å². The molecule has 0 unspecified atom stereocenters. The van der Waals surface area contributed by atoms with E-state index in [1.165, 1.54) is 4.90 Å². The highest BCUT2D eigenvalue weighted by molar-refractivity contribution is 5.60. The minimum atomic E-state index is -2.44. The van der Waals surface area contributed by atoms with E-state index in [-0.39, 0.29) is 13.2 Å². The third-order valence-electron chi connectivity index (χ3n) is 2.30. The molecule has 0 fully saturated rings. The Morgan fingerprint density at radius 1 is 1.44 bits per heavy atom. The fourth-order valence-electron chi connectivity index (χ4n) is 1.56. The van der Waals surface area contributed by atoms with Gasteiger partial charge in [-0.25, -0.2) is 8.78 Å². The predicted octanol–water partition coefficient (Wildman–Crippen LogP) is 1.64. The largest absolute Gasteiger partial charge is 0.399 e. The van der Waals surface area contributed by atoms with E-state index < -0.39 is 13.0 Å². The van der Waals surface area contributed by atoms with Crippen LogP contribution in [0.2, 0.25) is 0 Å². The Labute approximate surface area is 93.5 Å². The van der Waals surface area contributed by atoms with E-state index in [9.17, 15) is 8.78 Å². The number of aryl methyl sites for hydroxylation is 1. The number of hydrogen-bond acceptors (Lipinski definition) is 3. The number of nitrogens with zero attached hydrogens (tertiary/aromatic N) is 1. The van der Waals surface area contributed by atoms with Crippen molar-refractivity contribution in [3.05, 3.63) is 23.8 Å². The molecular formula is C11H16F2N2O. The summed E-state index contributed by atoms with van der Waals surface area (Å²) in [6, 6.07) is 5.15. The number of nitrogens with two attached hydrogens (primary N) is 1. The van der Waals surface area contributed by atoms with E-state index in [0.29, 0.717) is 11.4 Å². The molecule has 0 bridgehead atoms. The normalized spacial score (nSPS) is 10.8. The second kappa shape index (κ2) is 5.65. The Balaban J connectivity index is 2.94. The van der Waals surface area contributed by atoms with Crippen LogP contribution in [-0.4, -0.2) is 31.2 Å². The minimum absolute atomic E-state index is 0.166. The molecule has 0 atom stereocenters. The molecule has 0 spiro atoms. The molecule has 3 nitrogen and oxygen atoms in total. The van der Waals surface area contributed by atoms with E-state index in [1.54, 1.807) is 18.2 Å². The molecule has 0 saturated carbocycles. The number of nitrogen functional groups attached to an aromatic ring is 1. The van der Waals surface area contributed by atoms with E-state index in [0.717, 1.165) is 5.56 Å². The van der Waals surface area contributed by atoms with Crippen molar-refractivity contribution in [1.29, 1.82) is 0 Å². The molecular weight excluding hydrogens is 214 g/mol. The van der Waals surface area contributed by atoms with Crippen LogP contribution in [0.3, 0.4) is 0 Å². The molecule has 0 aromatic heterocycles. The fourth-order valence-corrected chi connectivity index (χ4v) is 1.56. The van der Waals surface area contributed by atoms with Gasteiger partial charge in [0, 0.05) is 17.9 Å². The second-order valence-corrected chi connectivity index (χ2v) is 3.61. The molecule has 16 heavy (non-hydrogen) atoms. The quantitative estimate of drug-likeness (QED) is 0.756. The molecule has 1 rings (SSSR count). The number of aliphatic hydroxyl groups excluding tert-OH is 1. The number of aliphatic hydroxyl groups is 1. The van der Waals surface area contributed by atoms with Gasteiger partial charge in [0.25, 0.3) is 6.43 Å². The molecule has 90 valence electrons. The Morgan fingerprint density at radius 2 is 2.12 bits per heavy atom. The van der Waals surface area contributed by atoms with Crippen LogP contribution in [0.5, 0.6) is 0 Å². The van der Waals surface area contributed by atoms with E-state index in [2.05, 4.69) is 0 Å². The first-order chi connectivity index (χ1) is 7.54. The molecule has 0 aliphatic rings. The summed E-state index contributed by atoms with van der Waals surface area (Å²) in [5, 5.41) is 8.85. The number of alkyl halides is 2. The van der Waals surface area contributed by atoms with Gasteiger partial charge in [-0.05, 0) is 24.6 Å². The summed E-state index contributed by atoms with van der Waals surface area (Å²) in [7, 11) is 0. The zero-order chi connectivity index (χ0) is 12.1. The third kappa shape index (κ3) is 3.34. The molecule has 0 heterocycles. The Kier molecular flexibility index (Phi) is 4.49. The van der Waals surface area contributed by atoms with Crippen LogP contribution in [-0.2, 0) is 0 Å². The zero-order valence-electron chi connectivity index (χ0n) is 9.16. The van der Waals surface area contributed by atoms with Gasteiger partial charge in [-0.3, -0.25) is 0 Å². The maximum Gasteiger partial charge on any atom is 0.255 e. The number of hydrogen-bond donors (Lipinski definition) is 2. The van der Waals surface area contributed by atoms with Crippen molar-refractivity contribution in [3.8, 4) is 0 Å². The monoisotopic (exact) mass is 230 g/mol. The summed E-state index contributed by atoms with van der Waals surface area (Å²) in [6.45, 7) is 1.44. The molecule has 0 aliphatic heterocycles. The summed E-state index contributed by atoms with van der Waals surface area (Å²) in [6.07, 6.45) is -2.44. The van der Waals surface area contributed by atoms with Gasteiger partial charge in [0.2, 0.25) is 0 Å². The maximum absolute atomic E-state index is 12.4. The first-order valence-electron chi connectivity index (χ1n) is 5.04. The third-order valence-corrected chi connectivity index (χ3v) is 2.30. The van der Waals surface area contributed by atoms with Gasteiger partial charge >= 0.3 is 0 Å². The number of rotatable bonds is 5. The van der Waals surface area contributed by atoms with Crippen LogP contribution >= 0.6 is 0 Å². The lowest BCUT2D eigenvalue weighted by Gasteiger charge is -2.25. The molecule has 0 aliphatic carbocycles. The average Bonchev–Trinajstić information content (AvgIpc) is 2.20. The SMILES string of the molecule is Cc1ccc(N)cc1N(CCO)CC(F)F. The summed E-state index contributed by atoms with van der Waals surface area (Å²) >= 11 is 0. The van der Waals surface area contributed by atoms with Gasteiger partial charge in [-0.2, -0.15) is 0 Å². The maximum atomic E-state index is 12.4. The van der Waals surface area contributed by atoms with Crippen molar-refractivity contribution < 1.29 is 13.9 Å².